The number of rotatable bonds is 4. The van der Waals surface area contributed by atoms with Gasteiger partial charge in [-0.15, -0.1) is 0 Å². The number of carbonyl (C=O) groups excluding carboxylic acids is 1. The number of amides is 1. The van der Waals surface area contributed by atoms with E-state index < -0.39 is 0 Å². The Kier molecular flexibility index (Phi) is 5.72. The molecule has 0 bridgehead atoms. The van der Waals surface area contributed by atoms with Gasteiger partial charge in [-0.25, -0.2) is 8.78 Å². The van der Waals surface area contributed by atoms with Crippen LogP contribution in [0, 0.1) is 16.8 Å². The van der Waals surface area contributed by atoms with Crippen molar-refractivity contribution < 1.29 is 18.3 Å². The number of benzene rings is 2. The summed E-state index contributed by atoms with van der Waals surface area (Å²) in [5.74, 6) is -0.737. The summed E-state index contributed by atoms with van der Waals surface area (Å²) < 4.78 is 27.5. The lowest BCUT2D eigenvalue weighted by Crippen LogP contribution is -2.50. The van der Waals surface area contributed by atoms with Crippen molar-refractivity contribution in [3.8, 4) is 0 Å². The Bertz CT molecular complexity index is 955. The van der Waals surface area contributed by atoms with Crippen molar-refractivity contribution in [3.05, 3.63) is 107 Å². The standard InChI is InChI=1S/C23H21F2N3O2/c24-20-5-1-17(2-6-20)22(18-3-7-21(25)8-4-18)26-13-15-27(16-14-26)23(29)19-9-11-28(30)12-10-19/h1-12,22H,13-16H2. The summed E-state index contributed by atoms with van der Waals surface area (Å²) in [5, 5.41) is 11.2. The molecule has 30 heavy (non-hydrogen) atoms. The lowest BCUT2D eigenvalue weighted by atomic mass is 9.96. The minimum Gasteiger partial charge on any atom is -0.619 e. The van der Waals surface area contributed by atoms with Crippen molar-refractivity contribution in [2.24, 2.45) is 0 Å². The van der Waals surface area contributed by atoms with Gasteiger partial charge in [0.15, 0.2) is 12.4 Å². The summed E-state index contributed by atoms with van der Waals surface area (Å²) in [6.45, 7) is 2.26. The lowest BCUT2D eigenvalue weighted by Gasteiger charge is -2.39. The fraction of sp³-hybridized carbons (Fsp3) is 0.217. The molecule has 0 radical (unpaired) electrons. The molecule has 7 heteroatoms. The molecule has 0 spiro atoms. The normalized spacial score (nSPS) is 14.8. The van der Waals surface area contributed by atoms with Crippen molar-refractivity contribution in [2.75, 3.05) is 26.2 Å². The number of carbonyl (C=O) groups is 1. The molecular weight excluding hydrogens is 388 g/mol. The van der Waals surface area contributed by atoms with Gasteiger partial charge < -0.3 is 10.1 Å². The van der Waals surface area contributed by atoms with Crippen LogP contribution in [-0.4, -0.2) is 41.9 Å². The van der Waals surface area contributed by atoms with Gasteiger partial charge in [0.25, 0.3) is 5.91 Å². The third kappa shape index (κ3) is 4.31. The average molecular weight is 409 g/mol. The van der Waals surface area contributed by atoms with Crippen LogP contribution in [0.1, 0.15) is 27.5 Å². The first kappa shape index (κ1) is 20.0. The first-order valence-electron chi connectivity index (χ1n) is 9.74. The zero-order valence-corrected chi connectivity index (χ0v) is 16.2. The Hall–Kier alpha value is -3.32. The lowest BCUT2D eigenvalue weighted by molar-refractivity contribution is -0.605. The number of hydrogen-bond donors (Lipinski definition) is 0. The minimum absolute atomic E-state index is 0.115. The Labute approximate surface area is 173 Å². The molecule has 1 aliphatic heterocycles. The van der Waals surface area contributed by atoms with E-state index in [1.54, 1.807) is 29.2 Å². The number of aromatic nitrogens is 1. The van der Waals surface area contributed by atoms with Crippen LogP contribution in [0.5, 0.6) is 0 Å². The molecule has 2 heterocycles. The predicted molar refractivity (Wildman–Crippen MR) is 108 cm³/mol. The second-order valence-electron chi connectivity index (χ2n) is 7.28. The average Bonchev–Trinajstić information content (AvgIpc) is 2.77. The first-order valence-corrected chi connectivity index (χ1v) is 9.74. The van der Waals surface area contributed by atoms with Crippen molar-refractivity contribution in [3.63, 3.8) is 0 Å². The van der Waals surface area contributed by atoms with E-state index in [0.29, 0.717) is 36.5 Å². The van der Waals surface area contributed by atoms with Crippen LogP contribution in [0.2, 0.25) is 0 Å². The molecule has 4 rings (SSSR count). The first-order chi connectivity index (χ1) is 14.5. The second kappa shape index (κ2) is 8.59. The highest BCUT2D eigenvalue weighted by Gasteiger charge is 2.29. The molecule has 2 aromatic carbocycles. The van der Waals surface area contributed by atoms with Gasteiger partial charge in [0, 0.05) is 38.3 Å². The van der Waals surface area contributed by atoms with E-state index in [9.17, 15) is 18.8 Å². The monoisotopic (exact) mass is 409 g/mol. The molecule has 0 unspecified atom stereocenters. The molecule has 1 saturated heterocycles. The molecule has 5 nitrogen and oxygen atoms in total. The van der Waals surface area contributed by atoms with E-state index in [1.165, 1.54) is 48.8 Å². The third-order valence-corrected chi connectivity index (χ3v) is 5.39. The predicted octanol–water partition coefficient (Wildman–Crippen LogP) is 3.15. The molecule has 1 aromatic heterocycles. The molecule has 1 aliphatic rings. The van der Waals surface area contributed by atoms with Crippen molar-refractivity contribution in [1.82, 2.24) is 9.80 Å². The largest absolute Gasteiger partial charge is 0.619 e. The topological polar surface area (TPSA) is 50.5 Å². The van der Waals surface area contributed by atoms with Crippen molar-refractivity contribution >= 4 is 5.91 Å². The molecule has 1 amide bonds. The zero-order valence-electron chi connectivity index (χ0n) is 16.2. The van der Waals surface area contributed by atoms with Gasteiger partial charge in [-0.05, 0) is 35.4 Å². The van der Waals surface area contributed by atoms with Crippen molar-refractivity contribution in [2.45, 2.75) is 6.04 Å². The second-order valence-corrected chi connectivity index (χ2v) is 7.28. The Balaban J connectivity index is 1.53. The SMILES string of the molecule is O=C(c1cc[n+]([O-])cc1)N1CCN(C(c2ccc(F)cc2)c2ccc(F)cc2)CC1. The Morgan fingerprint density at radius 1 is 0.800 bits per heavy atom. The van der Waals surface area contributed by atoms with Gasteiger partial charge in [-0.1, -0.05) is 24.3 Å². The van der Waals surface area contributed by atoms with Gasteiger partial charge in [0.05, 0.1) is 11.6 Å². The molecule has 0 aliphatic carbocycles. The van der Waals surface area contributed by atoms with Gasteiger partial charge in [-0.3, -0.25) is 9.69 Å². The molecule has 0 atom stereocenters. The summed E-state index contributed by atoms with van der Waals surface area (Å²) in [4.78, 5) is 16.7. The molecule has 0 saturated carbocycles. The maximum atomic E-state index is 13.4. The number of piperazine rings is 1. The van der Waals surface area contributed by atoms with E-state index in [1.807, 2.05) is 0 Å². The number of halogens is 2. The maximum absolute atomic E-state index is 13.4. The molecule has 154 valence electrons. The van der Waals surface area contributed by atoms with Crippen LogP contribution in [0.4, 0.5) is 8.78 Å². The smallest absolute Gasteiger partial charge is 0.254 e. The highest BCUT2D eigenvalue weighted by atomic mass is 19.1. The highest BCUT2D eigenvalue weighted by molar-refractivity contribution is 5.94. The summed E-state index contributed by atoms with van der Waals surface area (Å²) in [6.07, 6.45) is 2.62. The number of nitrogens with zero attached hydrogens (tertiary/aromatic N) is 3. The van der Waals surface area contributed by atoms with Gasteiger partial charge in [-0.2, -0.15) is 4.73 Å². The Morgan fingerprint density at radius 3 is 1.73 bits per heavy atom. The molecular formula is C23H21F2N3O2. The minimum atomic E-state index is -0.311. The summed E-state index contributed by atoms with van der Waals surface area (Å²) in [5.41, 5.74) is 2.29. The van der Waals surface area contributed by atoms with E-state index in [-0.39, 0.29) is 23.6 Å². The fourth-order valence-corrected chi connectivity index (χ4v) is 3.83. The summed E-state index contributed by atoms with van der Waals surface area (Å²) >= 11 is 0. The fourth-order valence-electron chi connectivity index (χ4n) is 3.83. The van der Waals surface area contributed by atoms with Crippen LogP contribution < -0.4 is 4.73 Å². The molecule has 3 aromatic rings. The van der Waals surface area contributed by atoms with E-state index in [2.05, 4.69) is 4.90 Å². The van der Waals surface area contributed by atoms with Crippen LogP contribution in [0.3, 0.4) is 0 Å². The number of hydrogen-bond acceptors (Lipinski definition) is 3. The quantitative estimate of drug-likeness (QED) is 0.491. The van der Waals surface area contributed by atoms with Gasteiger partial charge in [0.2, 0.25) is 0 Å². The molecule has 0 N–H and O–H groups in total. The van der Waals surface area contributed by atoms with Crippen LogP contribution in [-0.2, 0) is 0 Å². The highest BCUT2D eigenvalue weighted by Crippen LogP contribution is 2.30. The van der Waals surface area contributed by atoms with Crippen molar-refractivity contribution in [1.29, 1.82) is 0 Å². The number of pyridine rings is 1. The van der Waals surface area contributed by atoms with Gasteiger partial charge in [0.1, 0.15) is 11.6 Å². The van der Waals surface area contributed by atoms with Crippen LogP contribution >= 0.6 is 0 Å². The summed E-state index contributed by atoms with van der Waals surface area (Å²) in [7, 11) is 0. The molecule has 1 fully saturated rings. The third-order valence-electron chi connectivity index (χ3n) is 5.39. The van der Waals surface area contributed by atoms with Crippen LogP contribution in [0.25, 0.3) is 0 Å². The van der Waals surface area contributed by atoms with E-state index >= 15 is 0 Å². The zero-order chi connectivity index (χ0) is 21.1. The van der Waals surface area contributed by atoms with Gasteiger partial charge >= 0.3 is 0 Å². The van der Waals surface area contributed by atoms with Crippen LogP contribution in [0.15, 0.2) is 73.1 Å². The maximum Gasteiger partial charge on any atom is 0.254 e. The summed E-state index contributed by atoms with van der Waals surface area (Å²) in [6, 6.07) is 15.5. The Morgan fingerprint density at radius 2 is 1.27 bits per heavy atom. The van der Waals surface area contributed by atoms with E-state index in [4.69, 9.17) is 0 Å². The van der Waals surface area contributed by atoms with E-state index in [0.717, 1.165) is 11.1 Å².